The van der Waals surface area contributed by atoms with Crippen molar-refractivity contribution in [1.29, 1.82) is 0 Å². The molecular weight excluding hydrogens is 224 g/mol. The Balaban J connectivity index is 2.34. The summed E-state index contributed by atoms with van der Waals surface area (Å²) < 4.78 is 11.7. The van der Waals surface area contributed by atoms with Gasteiger partial charge in [0, 0.05) is 35.2 Å². The molecule has 2 atom stereocenters. The molecule has 1 saturated carbocycles. The van der Waals surface area contributed by atoms with Crippen molar-refractivity contribution < 1.29 is 9.00 Å². The smallest absolute Gasteiger partial charge is 0.235 e. The molecule has 4 nitrogen and oxygen atoms in total. The Bertz CT molecular complexity index is 267. The van der Waals surface area contributed by atoms with Crippen LogP contribution in [0.2, 0.25) is 0 Å². The van der Waals surface area contributed by atoms with E-state index in [1.807, 2.05) is 18.7 Å². The molecule has 0 saturated heterocycles. The van der Waals surface area contributed by atoms with Crippen LogP contribution in [0.3, 0.4) is 0 Å². The van der Waals surface area contributed by atoms with Gasteiger partial charge in [-0.1, -0.05) is 6.92 Å². The van der Waals surface area contributed by atoms with Crippen LogP contribution in [0, 0.1) is 0 Å². The van der Waals surface area contributed by atoms with Crippen LogP contribution >= 0.6 is 0 Å². The fourth-order valence-electron chi connectivity index (χ4n) is 1.66. The monoisotopic (exact) mass is 246 g/mol. The van der Waals surface area contributed by atoms with Crippen molar-refractivity contribution in [2.45, 2.75) is 45.2 Å². The van der Waals surface area contributed by atoms with Gasteiger partial charge in [-0.3, -0.25) is 9.00 Å². The molecule has 2 unspecified atom stereocenters. The standard InChI is InChI=1S/C11H22N2O2S/c1-3-9(12)7-16(15)8-11(14)13(4-2)10-5-6-10/h9-10H,3-8,12H2,1-2H3. The molecule has 0 aromatic rings. The summed E-state index contributed by atoms with van der Waals surface area (Å²) in [6.07, 6.45) is 3.00. The average molecular weight is 246 g/mol. The summed E-state index contributed by atoms with van der Waals surface area (Å²) in [5.74, 6) is 0.592. The highest BCUT2D eigenvalue weighted by Crippen LogP contribution is 2.26. The van der Waals surface area contributed by atoms with Crippen LogP contribution in [0.5, 0.6) is 0 Å². The molecule has 94 valence electrons. The minimum atomic E-state index is -1.11. The number of hydrogen-bond donors (Lipinski definition) is 1. The number of nitrogens with zero attached hydrogens (tertiary/aromatic N) is 1. The van der Waals surface area contributed by atoms with Crippen LogP contribution in [-0.2, 0) is 15.6 Å². The first kappa shape index (κ1) is 13.6. The highest BCUT2D eigenvalue weighted by molar-refractivity contribution is 7.85. The number of carbonyl (C=O) groups excluding carboxylic acids is 1. The van der Waals surface area contributed by atoms with E-state index in [0.29, 0.717) is 11.8 Å². The third kappa shape index (κ3) is 4.22. The zero-order valence-corrected chi connectivity index (χ0v) is 11.0. The zero-order chi connectivity index (χ0) is 12.1. The zero-order valence-electron chi connectivity index (χ0n) is 10.1. The van der Waals surface area contributed by atoms with Crippen LogP contribution in [0.15, 0.2) is 0 Å². The minimum absolute atomic E-state index is 0.0200. The van der Waals surface area contributed by atoms with Crippen molar-refractivity contribution in [3.05, 3.63) is 0 Å². The predicted molar refractivity (Wildman–Crippen MR) is 66.6 cm³/mol. The summed E-state index contributed by atoms with van der Waals surface area (Å²) in [6.45, 7) is 4.66. The molecule has 0 bridgehead atoms. The Morgan fingerprint density at radius 3 is 2.56 bits per heavy atom. The van der Waals surface area contributed by atoms with E-state index in [9.17, 15) is 9.00 Å². The second-order valence-corrected chi connectivity index (χ2v) is 5.83. The lowest BCUT2D eigenvalue weighted by Crippen LogP contribution is -2.38. The quantitative estimate of drug-likeness (QED) is 0.711. The lowest BCUT2D eigenvalue weighted by Gasteiger charge is -2.20. The van der Waals surface area contributed by atoms with Crippen molar-refractivity contribution >= 4 is 16.7 Å². The van der Waals surface area contributed by atoms with Crippen molar-refractivity contribution in [2.24, 2.45) is 5.73 Å². The van der Waals surface area contributed by atoms with Crippen LogP contribution < -0.4 is 5.73 Å². The van der Waals surface area contributed by atoms with Gasteiger partial charge in [-0.25, -0.2) is 0 Å². The maximum Gasteiger partial charge on any atom is 0.235 e. The fourth-order valence-corrected chi connectivity index (χ4v) is 2.93. The van der Waals surface area contributed by atoms with E-state index in [1.54, 1.807) is 0 Å². The first-order valence-electron chi connectivity index (χ1n) is 5.98. The summed E-state index contributed by atoms with van der Waals surface area (Å²) in [4.78, 5) is 13.7. The molecule has 0 spiro atoms. The van der Waals surface area contributed by atoms with E-state index in [4.69, 9.17) is 5.73 Å². The summed E-state index contributed by atoms with van der Waals surface area (Å²) >= 11 is 0. The molecule has 1 amide bonds. The molecule has 16 heavy (non-hydrogen) atoms. The lowest BCUT2D eigenvalue weighted by molar-refractivity contribution is -0.128. The second kappa shape index (κ2) is 6.35. The van der Waals surface area contributed by atoms with Crippen molar-refractivity contribution in [3.63, 3.8) is 0 Å². The Hall–Kier alpha value is -0.420. The molecule has 1 aliphatic carbocycles. The van der Waals surface area contributed by atoms with Gasteiger partial charge in [0.15, 0.2) is 0 Å². The number of amides is 1. The molecule has 0 aromatic carbocycles. The van der Waals surface area contributed by atoms with E-state index in [0.717, 1.165) is 25.8 Å². The van der Waals surface area contributed by atoms with E-state index in [2.05, 4.69) is 0 Å². The van der Waals surface area contributed by atoms with Crippen molar-refractivity contribution in [2.75, 3.05) is 18.1 Å². The number of hydrogen-bond acceptors (Lipinski definition) is 3. The van der Waals surface area contributed by atoms with Gasteiger partial charge in [0.05, 0.1) is 0 Å². The van der Waals surface area contributed by atoms with Crippen LogP contribution in [-0.4, -0.2) is 45.2 Å². The summed E-state index contributed by atoms with van der Waals surface area (Å²) in [5, 5.41) is 0. The molecule has 1 rings (SSSR count). The molecule has 1 fully saturated rings. The number of rotatable bonds is 7. The van der Waals surface area contributed by atoms with Gasteiger partial charge in [-0.2, -0.15) is 0 Å². The highest BCUT2D eigenvalue weighted by atomic mass is 32.2. The summed E-state index contributed by atoms with van der Waals surface area (Å²) in [5.41, 5.74) is 5.71. The first-order chi connectivity index (χ1) is 7.58. The number of carbonyl (C=O) groups is 1. The van der Waals surface area contributed by atoms with E-state index in [1.165, 1.54) is 0 Å². The Morgan fingerprint density at radius 1 is 1.50 bits per heavy atom. The molecule has 0 aliphatic heterocycles. The molecule has 5 heteroatoms. The van der Waals surface area contributed by atoms with Crippen LogP contribution in [0.4, 0.5) is 0 Å². The third-order valence-corrected chi connectivity index (χ3v) is 4.23. The van der Waals surface area contributed by atoms with E-state index >= 15 is 0 Å². The Labute approximate surface area is 100 Å². The normalized spacial score (nSPS) is 19.2. The summed E-state index contributed by atoms with van der Waals surface area (Å²) in [7, 11) is -1.11. The van der Waals surface area contributed by atoms with Gasteiger partial charge >= 0.3 is 0 Å². The molecule has 0 radical (unpaired) electrons. The van der Waals surface area contributed by atoms with Gasteiger partial charge < -0.3 is 10.6 Å². The fraction of sp³-hybridized carbons (Fsp3) is 0.909. The topological polar surface area (TPSA) is 63.4 Å². The SMILES string of the molecule is CCC(N)CS(=O)CC(=O)N(CC)C1CC1. The largest absolute Gasteiger partial charge is 0.339 e. The maximum atomic E-state index is 11.8. The second-order valence-electron chi connectivity index (χ2n) is 4.33. The maximum absolute atomic E-state index is 11.8. The van der Waals surface area contributed by atoms with Gasteiger partial charge in [0.2, 0.25) is 5.91 Å². The Kier molecular flexibility index (Phi) is 5.41. The van der Waals surface area contributed by atoms with Crippen molar-refractivity contribution in [1.82, 2.24) is 4.90 Å². The first-order valence-corrected chi connectivity index (χ1v) is 7.47. The molecular formula is C11H22N2O2S. The lowest BCUT2D eigenvalue weighted by atomic mass is 10.3. The molecule has 0 aromatic heterocycles. The van der Waals surface area contributed by atoms with Crippen molar-refractivity contribution in [3.8, 4) is 0 Å². The van der Waals surface area contributed by atoms with Gasteiger partial charge in [0.25, 0.3) is 0 Å². The highest BCUT2D eigenvalue weighted by Gasteiger charge is 2.31. The number of nitrogens with two attached hydrogens (primary N) is 1. The third-order valence-electron chi connectivity index (χ3n) is 2.86. The summed E-state index contributed by atoms with van der Waals surface area (Å²) in [6, 6.07) is 0.360. The average Bonchev–Trinajstić information content (AvgIpc) is 3.02. The predicted octanol–water partition coefficient (Wildman–Crippen LogP) is 0.483. The van der Waals surface area contributed by atoms with Crippen LogP contribution in [0.1, 0.15) is 33.1 Å². The van der Waals surface area contributed by atoms with Gasteiger partial charge in [-0.05, 0) is 26.2 Å². The Morgan fingerprint density at radius 2 is 2.12 bits per heavy atom. The van der Waals surface area contributed by atoms with Gasteiger partial charge in [0.1, 0.15) is 5.75 Å². The minimum Gasteiger partial charge on any atom is -0.339 e. The van der Waals surface area contributed by atoms with E-state index < -0.39 is 10.8 Å². The van der Waals surface area contributed by atoms with E-state index in [-0.39, 0.29) is 17.7 Å². The molecule has 1 aliphatic rings. The van der Waals surface area contributed by atoms with Gasteiger partial charge in [-0.15, -0.1) is 0 Å². The van der Waals surface area contributed by atoms with Crippen LogP contribution in [0.25, 0.3) is 0 Å². The molecule has 2 N–H and O–H groups in total. The molecule has 0 heterocycles.